The molecule has 0 heterocycles. The zero-order chi connectivity index (χ0) is 10.4. The lowest BCUT2D eigenvalue weighted by atomic mass is 10.1. The summed E-state index contributed by atoms with van der Waals surface area (Å²) in [6.45, 7) is 1.84. The van der Waals surface area contributed by atoms with E-state index in [1.165, 1.54) is 0 Å². The standard InChI is InChI=1S/C11H16O2S/c1-2-3-4-7-14-9-11(5-6-11)8-10(12)13/h4-9H2,1H3,(H,12,13). The van der Waals surface area contributed by atoms with Gasteiger partial charge in [0.15, 0.2) is 0 Å². The van der Waals surface area contributed by atoms with Crippen molar-refractivity contribution in [3.63, 3.8) is 0 Å². The first-order chi connectivity index (χ1) is 6.68. The molecule has 0 spiro atoms. The van der Waals surface area contributed by atoms with Crippen molar-refractivity contribution in [1.29, 1.82) is 0 Å². The van der Waals surface area contributed by atoms with E-state index in [-0.39, 0.29) is 5.41 Å². The molecule has 1 N–H and O–H groups in total. The Hall–Kier alpha value is -0.620. The van der Waals surface area contributed by atoms with E-state index < -0.39 is 5.97 Å². The lowest BCUT2D eigenvalue weighted by Gasteiger charge is -2.10. The van der Waals surface area contributed by atoms with Crippen LogP contribution in [0.4, 0.5) is 0 Å². The second-order valence-corrected chi connectivity index (χ2v) is 4.91. The molecule has 0 radical (unpaired) electrons. The van der Waals surface area contributed by atoms with Crippen LogP contribution in [0, 0.1) is 17.3 Å². The molecule has 14 heavy (non-hydrogen) atoms. The summed E-state index contributed by atoms with van der Waals surface area (Å²) in [7, 11) is 0. The molecule has 0 aromatic carbocycles. The van der Waals surface area contributed by atoms with Crippen LogP contribution < -0.4 is 0 Å². The van der Waals surface area contributed by atoms with Crippen LogP contribution in [0.2, 0.25) is 0 Å². The average Bonchev–Trinajstić information content (AvgIpc) is 2.84. The average molecular weight is 212 g/mol. The maximum Gasteiger partial charge on any atom is 0.303 e. The summed E-state index contributed by atoms with van der Waals surface area (Å²) >= 11 is 1.84. The van der Waals surface area contributed by atoms with Gasteiger partial charge in [0, 0.05) is 12.2 Å². The van der Waals surface area contributed by atoms with Crippen LogP contribution in [0.3, 0.4) is 0 Å². The molecule has 0 bridgehead atoms. The smallest absolute Gasteiger partial charge is 0.303 e. The summed E-state index contributed by atoms with van der Waals surface area (Å²) < 4.78 is 0. The highest BCUT2D eigenvalue weighted by atomic mass is 32.2. The third kappa shape index (κ3) is 4.06. The lowest BCUT2D eigenvalue weighted by Crippen LogP contribution is -2.11. The Balaban J connectivity index is 2.10. The molecular weight excluding hydrogens is 196 g/mol. The molecule has 1 aliphatic carbocycles. The molecule has 78 valence electrons. The molecule has 0 aliphatic heterocycles. The van der Waals surface area contributed by atoms with E-state index in [1.807, 2.05) is 18.7 Å². The molecule has 0 aromatic heterocycles. The van der Waals surface area contributed by atoms with Crippen LogP contribution in [0.5, 0.6) is 0 Å². The molecule has 1 fully saturated rings. The molecule has 2 nitrogen and oxygen atoms in total. The normalized spacial score (nSPS) is 16.9. The largest absolute Gasteiger partial charge is 0.481 e. The highest BCUT2D eigenvalue weighted by Crippen LogP contribution is 2.50. The van der Waals surface area contributed by atoms with Gasteiger partial charge in [-0.3, -0.25) is 4.79 Å². The monoisotopic (exact) mass is 212 g/mol. The Labute approximate surface area is 89.5 Å². The number of aliphatic carboxylic acids is 1. The van der Waals surface area contributed by atoms with Crippen molar-refractivity contribution in [1.82, 2.24) is 0 Å². The van der Waals surface area contributed by atoms with Crippen molar-refractivity contribution in [2.24, 2.45) is 5.41 Å². The van der Waals surface area contributed by atoms with Gasteiger partial charge in [-0.2, -0.15) is 11.8 Å². The zero-order valence-corrected chi connectivity index (χ0v) is 9.32. The summed E-state index contributed by atoms with van der Waals surface area (Å²) in [5.74, 6) is 7.23. The van der Waals surface area contributed by atoms with Crippen molar-refractivity contribution in [3.05, 3.63) is 0 Å². The van der Waals surface area contributed by atoms with Crippen molar-refractivity contribution in [3.8, 4) is 11.8 Å². The van der Waals surface area contributed by atoms with Crippen LogP contribution in [0.25, 0.3) is 0 Å². The van der Waals surface area contributed by atoms with Gasteiger partial charge in [0.05, 0.1) is 6.42 Å². The molecule has 1 aliphatic rings. The van der Waals surface area contributed by atoms with Crippen molar-refractivity contribution in [2.45, 2.75) is 32.6 Å². The number of rotatable bonds is 6. The van der Waals surface area contributed by atoms with Gasteiger partial charge in [0.1, 0.15) is 0 Å². The van der Waals surface area contributed by atoms with Gasteiger partial charge in [-0.25, -0.2) is 0 Å². The SMILES string of the molecule is CC#CCCSCC1(CC(=O)O)CC1. The summed E-state index contributed by atoms with van der Waals surface area (Å²) in [5.41, 5.74) is 0.135. The Morgan fingerprint density at radius 3 is 2.79 bits per heavy atom. The van der Waals surface area contributed by atoms with Crippen LogP contribution in [0.15, 0.2) is 0 Å². The molecule has 0 aromatic rings. The number of thioether (sulfide) groups is 1. The Morgan fingerprint density at radius 2 is 2.29 bits per heavy atom. The minimum absolute atomic E-state index is 0.135. The maximum absolute atomic E-state index is 10.6. The molecule has 0 unspecified atom stereocenters. The van der Waals surface area contributed by atoms with E-state index in [0.29, 0.717) is 6.42 Å². The van der Waals surface area contributed by atoms with Crippen LogP contribution in [-0.2, 0) is 4.79 Å². The van der Waals surface area contributed by atoms with E-state index in [1.54, 1.807) is 0 Å². The van der Waals surface area contributed by atoms with Crippen LogP contribution in [0.1, 0.15) is 32.6 Å². The van der Waals surface area contributed by atoms with E-state index in [4.69, 9.17) is 5.11 Å². The third-order valence-electron chi connectivity index (χ3n) is 2.44. The van der Waals surface area contributed by atoms with Gasteiger partial charge in [-0.15, -0.1) is 11.8 Å². The summed E-state index contributed by atoms with van der Waals surface area (Å²) in [5, 5.41) is 8.70. The molecule has 1 saturated carbocycles. The lowest BCUT2D eigenvalue weighted by molar-refractivity contribution is -0.138. The van der Waals surface area contributed by atoms with Gasteiger partial charge in [0.25, 0.3) is 0 Å². The van der Waals surface area contributed by atoms with Crippen molar-refractivity contribution in [2.75, 3.05) is 11.5 Å². The topological polar surface area (TPSA) is 37.3 Å². The molecule has 1 rings (SSSR count). The first-order valence-corrected chi connectivity index (χ1v) is 6.03. The highest BCUT2D eigenvalue weighted by molar-refractivity contribution is 7.99. The van der Waals surface area contributed by atoms with E-state index in [9.17, 15) is 4.79 Å². The Bertz CT molecular complexity index is 258. The second-order valence-electron chi connectivity index (χ2n) is 3.80. The minimum Gasteiger partial charge on any atom is -0.481 e. The number of carboxylic acid groups (broad SMARTS) is 1. The fraction of sp³-hybridized carbons (Fsp3) is 0.727. The minimum atomic E-state index is -0.656. The molecule has 3 heteroatoms. The van der Waals surface area contributed by atoms with Gasteiger partial charge >= 0.3 is 5.97 Å². The Kier molecular flexibility index (Phi) is 4.34. The van der Waals surface area contributed by atoms with E-state index in [2.05, 4.69) is 11.8 Å². The number of hydrogen-bond acceptors (Lipinski definition) is 2. The van der Waals surface area contributed by atoms with Gasteiger partial charge in [0.2, 0.25) is 0 Å². The quantitative estimate of drug-likeness (QED) is 0.542. The predicted molar refractivity (Wildman–Crippen MR) is 59.3 cm³/mol. The van der Waals surface area contributed by atoms with Gasteiger partial charge < -0.3 is 5.11 Å². The molecule has 0 atom stereocenters. The first-order valence-electron chi connectivity index (χ1n) is 4.88. The molecule has 0 saturated heterocycles. The molecule has 0 amide bonds. The van der Waals surface area contributed by atoms with E-state index >= 15 is 0 Å². The fourth-order valence-electron chi connectivity index (χ4n) is 1.41. The molecular formula is C11H16O2S. The van der Waals surface area contributed by atoms with Gasteiger partial charge in [-0.1, -0.05) is 0 Å². The predicted octanol–water partition coefficient (Wildman–Crippen LogP) is 2.39. The van der Waals surface area contributed by atoms with Crippen molar-refractivity contribution >= 4 is 17.7 Å². The zero-order valence-electron chi connectivity index (χ0n) is 8.51. The number of hydrogen-bond donors (Lipinski definition) is 1. The maximum atomic E-state index is 10.6. The summed E-state index contributed by atoms with van der Waals surface area (Å²) in [6.07, 6.45) is 3.45. The van der Waals surface area contributed by atoms with Gasteiger partial charge in [-0.05, 0) is 30.9 Å². The van der Waals surface area contributed by atoms with Crippen molar-refractivity contribution < 1.29 is 9.90 Å². The fourth-order valence-corrected chi connectivity index (χ4v) is 2.62. The Morgan fingerprint density at radius 1 is 1.57 bits per heavy atom. The number of carboxylic acids is 1. The third-order valence-corrected chi connectivity index (χ3v) is 3.75. The van der Waals surface area contributed by atoms with E-state index in [0.717, 1.165) is 30.8 Å². The van der Waals surface area contributed by atoms with Crippen LogP contribution in [-0.4, -0.2) is 22.6 Å². The summed E-state index contributed by atoms with van der Waals surface area (Å²) in [6, 6.07) is 0. The highest BCUT2D eigenvalue weighted by Gasteiger charge is 2.43. The number of carbonyl (C=O) groups is 1. The first kappa shape index (κ1) is 11.5. The van der Waals surface area contributed by atoms with Crippen LogP contribution >= 0.6 is 11.8 Å². The second kappa shape index (κ2) is 5.31. The summed E-state index contributed by atoms with van der Waals surface area (Å²) in [4.78, 5) is 10.6.